The van der Waals surface area contributed by atoms with Gasteiger partial charge in [0.15, 0.2) is 0 Å². The van der Waals surface area contributed by atoms with Gasteiger partial charge >= 0.3 is 6.03 Å². The first kappa shape index (κ1) is 11.9. The molecule has 1 aromatic rings. The van der Waals surface area contributed by atoms with Gasteiger partial charge in [-0.25, -0.2) is 9.86 Å². The van der Waals surface area contributed by atoms with Crippen molar-refractivity contribution in [2.75, 3.05) is 6.54 Å². The van der Waals surface area contributed by atoms with Crippen molar-refractivity contribution in [2.45, 2.75) is 19.3 Å². The summed E-state index contributed by atoms with van der Waals surface area (Å²) in [5, 5.41) is 9.82. The van der Waals surface area contributed by atoms with Crippen LogP contribution in [0.1, 0.15) is 18.4 Å². The van der Waals surface area contributed by atoms with E-state index in [0.717, 1.165) is 19.3 Å². The normalized spacial score (nSPS) is 22.2. The molecule has 17 heavy (non-hydrogen) atoms. The number of hydrogen-bond donors (Lipinski definition) is 2. The standard InChI is InChI=1S/C13H18N2O2/c14-13(16)15(17)9-12-8-11(12)7-6-10-4-2-1-3-5-10/h1-5,11-12,17H,6-9H2,(H2,14,16). The third kappa shape index (κ3) is 3.46. The van der Waals surface area contributed by atoms with Crippen molar-refractivity contribution in [1.82, 2.24) is 5.06 Å². The Bertz CT molecular complexity index is 380. The minimum Gasteiger partial charge on any atom is -0.350 e. The maximum atomic E-state index is 10.6. The van der Waals surface area contributed by atoms with Crippen LogP contribution in [0.15, 0.2) is 30.3 Å². The lowest BCUT2D eigenvalue weighted by Gasteiger charge is -2.11. The molecule has 4 heteroatoms. The molecule has 4 nitrogen and oxygen atoms in total. The van der Waals surface area contributed by atoms with Crippen molar-refractivity contribution in [2.24, 2.45) is 17.6 Å². The zero-order valence-corrected chi connectivity index (χ0v) is 9.75. The number of nitrogens with zero attached hydrogens (tertiary/aromatic N) is 1. The summed E-state index contributed by atoms with van der Waals surface area (Å²) >= 11 is 0. The summed E-state index contributed by atoms with van der Waals surface area (Å²) in [4.78, 5) is 10.6. The molecule has 0 radical (unpaired) electrons. The Morgan fingerprint density at radius 2 is 2.06 bits per heavy atom. The lowest BCUT2D eigenvalue weighted by atomic mass is 10.1. The van der Waals surface area contributed by atoms with Gasteiger partial charge in [-0.1, -0.05) is 30.3 Å². The topological polar surface area (TPSA) is 66.6 Å². The number of aryl methyl sites for hydroxylation is 1. The van der Waals surface area contributed by atoms with Crippen LogP contribution >= 0.6 is 0 Å². The molecular formula is C13H18N2O2. The molecule has 1 fully saturated rings. The molecule has 0 bridgehead atoms. The molecule has 1 aliphatic carbocycles. The average molecular weight is 234 g/mol. The number of primary amides is 1. The van der Waals surface area contributed by atoms with Crippen LogP contribution in [0.2, 0.25) is 0 Å². The Kier molecular flexibility index (Phi) is 3.64. The van der Waals surface area contributed by atoms with Crippen LogP contribution in [0.5, 0.6) is 0 Å². The molecule has 92 valence electrons. The molecule has 2 rings (SSSR count). The van der Waals surface area contributed by atoms with E-state index in [9.17, 15) is 10.0 Å². The van der Waals surface area contributed by atoms with Crippen LogP contribution in [-0.4, -0.2) is 22.8 Å². The van der Waals surface area contributed by atoms with Gasteiger partial charge in [-0.2, -0.15) is 0 Å². The van der Waals surface area contributed by atoms with Gasteiger partial charge in [0.2, 0.25) is 0 Å². The second-order valence-corrected chi connectivity index (χ2v) is 4.70. The number of carbonyl (C=O) groups excluding carboxylic acids is 1. The summed E-state index contributed by atoms with van der Waals surface area (Å²) < 4.78 is 0. The zero-order valence-electron chi connectivity index (χ0n) is 9.75. The number of nitrogens with two attached hydrogens (primary N) is 1. The highest BCUT2D eigenvalue weighted by molar-refractivity contribution is 5.70. The van der Waals surface area contributed by atoms with Crippen LogP contribution < -0.4 is 5.73 Å². The fourth-order valence-corrected chi connectivity index (χ4v) is 2.20. The predicted molar refractivity (Wildman–Crippen MR) is 64.4 cm³/mol. The maximum absolute atomic E-state index is 10.6. The highest BCUT2D eigenvalue weighted by Gasteiger charge is 2.38. The fourth-order valence-electron chi connectivity index (χ4n) is 2.20. The minimum absolute atomic E-state index is 0.370. The monoisotopic (exact) mass is 234 g/mol. The maximum Gasteiger partial charge on any atom is 0.338 e. The Morgan fingerprint density at radius 1 is 1.35 bits per heavy atom. The minimum atomic E-state index is -0.765. The average Bonchev–Trinajstić information content (AvgIpc) is 3.06. The van der Waals surface area contributed by atoms with Gasteiger partial charge in [0.05, 0.1) is 6.54 Å². The molecule has 2 amide bonds. The summed E-state index contributed by atoms with van der Waals surface area (Å²) in [7, 11) is 0. The number of benzene rings is 1. The molecule has 1 aliphatic rings. The van der Waals surface area contributed by atoms with E-state index in [1.807, 2.05) is 18.2 Å². The summed E-state index contributed by atoms with van der Waals surface area (Å²) in [6.07, 6.45) is 3.25. The van der Waals surface area contributed by atoms with Gasteiger partial charge in [0, 0.05) is 0 Å². The summed E-state index contributed by atoms with van der Waals surface area (Å²) in [5.41, 5.74) is 6.30. The second-order valence-electron chi connectivity index (χ2n) is 4.70. The number of hydroxylamine groups is 2. The largest absolute Gasteiger partial charge is 0.350 e. The van der Waals surface area contributed by atoms with E-state index in [2.05, 4.69) is 12.1 Å². The predicted octanol–water partition coefficient (Wildman–Crippen LogP) is 2.03. The van der Waals surface area contributed by atoms with Crippen molar-refractivity contribution in [3.63, 3.8) is 0 Å². The number of amides is 2. The van der Waals surface area contributed by atoms with Crippen molar-refractivity contribution in [3.8, 4) is 0 Å². The highest BCUT2D eigenvalue weighted by atomic mass is 16.5. The number of urea groups is 1. The van der Waals surface area contributed by atoms with Crippen LogP contribution in [0.25, 0.3) is 0 Å². The molecule has 1 saturated carbocycles. The molecule has 0 spiro atoms. The number of rotatable bonds is 5. The third-order valence-electron chi connectivity index (χ3n) is 3.38. The van der Waals surface area contributed by atoms with E-state index in [0.29, 0.717) is 23.4 Å². The van der Waals surface area contributed by atoms with Gasteiger partial charge in [-0.3, -0.25) is 5.21 Å². The van der Waals surface area contributed by atoms with Crippen molar-refractivity contribution in [3.05, 3.63) is 35.9 Å². The molecular weight excluding hydrogens is 216 g/mol. The molecule has 3 N–H and O–H groups in total. The quantitative estimate of drug-likeness (QED) is 0.604. The van der Waals surface area contributed by atoms with Crippen LogP contribution in [0, 0.1) is 11.8 Å². The summed E-state index contributed by atoms with van der Waals surface area (Å²) in [6.45, 7) is 0.370. The Morgan fingerprint density at radius 3 is 2.71 bits per heavy atom. The van der Waals surface area contributed by atoms with Crippen molar-refractivity contribution in [1.29, 1.82) is 0 Å². The zero-order chi connectivity index (χ0) is 12.3. The molecule has 2 atom stereocenters. The molecule has 2 unspecified atom stereocenters. The highest BCUT2D eigenvalue weighted by Crippen LogP contribution is 2.42. The Hall–Kier alpha value is -1.55. The van der Waals surface area contributed by atoms with Gasteiger partial charge in [0.1, 0.15) is 0 Å². The van der Waals surface area contributed by atoms with Gasteiger partial charge < -0.3 is 5.73 Å². The summed E-state index contributed by atoms with van der Waals surface area (Å²) in [6, 6.07) is 9.58. The van der Waals surface area contributed by atoms with E-state index in [-0.39, 0.29) is 0 Å². The van der Waals surface area contributed by atoms with Crippen molar-refractivity contribution >= 4 is 6.03 Å². The fraction of sp³-hybridized carbons (Fsp3) is 0.462. The smallest absolute Gasteiger partial charge is 0.338 e. The van der Waals surface area contributed by atoms with Gasteiger partial charge in [-0.05, 0) is 36.7 Å². The van der Waals surface area contributed by atoms with Gasteiger partial charge in [-0.15, -0.1) is 0 Å². The van der Waals surface area contributed by atoms with Crippen molar-refractivity contribution < 1.29 is 10.0 Å². The van der Waals surface area contributed by atoms with E-state index in [4.69, 9.17) is 5.73 Å². The van der Waals surface area contributed by atoms with E-state index < -0.39 is 6.03 Å². The SMILES string of the molecule is NC(=O)N(O)CC1CC1CCc1ccccc1. The van der Waals surface area contributed by atoms with E-state index in [1.165, 1.54) is 5.56 Å². The first-order valence-electron chi connectivity index (χ1n) is 5.96. The lowest BCUT2D eigenvalue weighted by molar-refractivity contribution is -0.0438. The van der Waals surface area contributed by atoms with Crippen LogP contribution in [0.3, 0.4) is 0 Å². The third-order valence-corrected chi connectivity index (χ3v) is 3.38. The van der Waals surface area contributed by atoms with E-state index in [1.54, 1.807) is 0 Å². The Labute approximate surface area is 101 Å². The van der Waals surface area contributed by atoms with E-state index >= 15 is 0 Å². The van der Waals surface area contributed by atoms with Crippen LogP contribution in [0.4, 0.5) is 4.79 Å². The number of hydrogen-bond acceptors (Lipinski definition) is 2. The number of carbonyl (C=O) groups is 1. The second kappa shape index (κ2) is 5.19. The van der Waals surface area contributed by atoms with Crippen LogP contribution in [-0.2, 0) is 6.42 Å². The molecule has 0 heterocycles. The Balaban J connectivity index is 1.69. The molecule has 1 aromatic carbocycles. The summed E-state index contributed by atoms with van der Waals surface area (Å²) in [5.74, 6) is 1.03. The molecule has 0 saturated heterocycles. The van der Waals surface area contributed by atoms with Gasteiger partial charge in [0.25, 0.3) is 0 Å². The molecule has 0 aliphatic heterocycles. The lowest BCUT2D eigenvalue weighted by Crippen LogP contribution is -2.34. The first-order valence-corrected chi connectivity index (χ1v) is 5.96. The first-order chi connectivity index (χ1) is 8.16. The molecule has 0 aromatic heterocycles.